The molecule has 2 unspecified atom stereocenters. The molecular formula is C61H71N5O8S4. The largest absolute Gasteiger partial charge is 0.292 e. The van der Waals surface area contributed by atoms with E-state index in [1.807, 2.05) is 94.4 Å². The van der Waals surface area contributed by atoms with E-state index in [1.54, 1.807) is 61.8 Å². The van der Waals surface area contributed by atoms with Crippen molar-refractivity contribution < 1.29 is 33.7 Å². The zero-order chi connectivity index (χ0) is 55.9. The minimum Gasteiger partial charge on any atom is -0.292 e. The van der Waals surface area contributed by atoms with Crippen LogP contribution in [-0.2, 0) is 53.0 Å². The second kappa shape index (κ2) is 22.7. The first-order valence-electron chi connectivity index (χ1n) is 26.7. The van der Waals surface area contributed by atoms with Gasteiger partial charge in [-0.2, -0.15) is 0 Å². The highest BCUT2D eigenvalue weighted by Gasteiger charge is 2.30. The number of hydrogen-bond donors (Lipinski definition) is 1. The third kappa shape index (κ3) is 11.3. The summed E-state index contributed by atoms with van der Waals surface area (Å²) in [6.07, 6.45) is 9.61. The maximum atomic E-state index is 13.6. The highest BCUT2D eigenvalue weighted by molar-refractivity contribution is 7.91. The molecular weight excluding hydrogens is 1060 g/mol. The molecule has 0 bridgehead atoms. The Balaban J connectivity index is 0.000000190. The summed E-state index contributed by atoms with van der Waals surface area (Å²) < 4.78 is 109. The monoisotopic (exact) mass is 1130 g/mol. The number of hydrogen-bond acceptors (Lipinski definition) is 10. The average Bonchev–Trinajstić information content (AvgIpc) is 4.12. The number of aromatic nitrogens is 2. The molecule has 0 saturated carbocycles. The number of benzene rings is 6. The van der Waals surface area contributed by atoms with Gasteiger partial charge in [0.25, 0.3) is 20.0 Å². The number of nitrogens with one attached hydrogen (secondary N) is 1. The Hall–Kier alpha value is -5.92. The summed E-state index contributed by atoms with van der Waals surface area (Å²) in [6, 6.07) is 36.7. The Kier molecular flexibility index (Phi) is 16.5. The predicted molar refractivity (Wildman–Crippen MR) is 311 cm³/mol. The molecule has 10 rings (SSSR count). The standard InChI is InChI=1S/C31H36N2O4S2.C30H35N3O4S2/c1-5-38(34,35)27-10-8-9-25(20-27)30-11-6-7-17-32(30)21-29-23(3)19-24(4)31-28(29)16-18-33(31)39(36,37)26-14-12-22(2)13-15-26;1-21-8-12-26(13-9-21)39(36,37)33-18-16-27-28(22(2)19-23(3)30(27)33)20-32-17-6-5-7-29(32)24-10-14-25(15-11-24)38(34,35)31-4/h8-10,12-16,18-20,30H,5-7,11,17,21H2,1-4H3;8-16,18-19,29,31H,5-7,17,20H2,1-4H3. The van der Waals surface area contributed by atoms with Crippen molar-refractivity contribution >= 4 is 61.7 Å². The van der Waals surface area contributed by atoms with Crippen LogP contribution in [0.5, 0.6) is 0 Å². The molecule has 2 aliphatic heterocycles. The van der Waals surface area contributed by atoms with Crippen molar-refractivity contribution in [2.45, 2.75) is 132 Å². The minimum absolute atomic E-state index is 0.0772. The fraction of sp³-hybridized carbons (Fsp3) is 0.344. The van der Waals surface area contributed by atoms with Crippen LogP contribution in [0.4, 0.5) is 0 Å². The number of fused-ring (bicyclic) bond motifs is 2. The lowest BCUT2D eigenvalue weighted by molar-refractivity contribution is 0.140. The molecule has 1 N–H and O–H groups in total. The first-order valence-corrected chi connectivity index (χ1v) is 32.8. The van der Waals surface area contributed by atoms with E-state index in [1.165, 1.54) is 15.0 Å². The van der Waals surface area contributed by atoms with Crippen LogP contribution in [0.15, 0.2) is 153 Å². The molecule has 0 radical (unpaired) electrons. The van der Waals surface area contributed by atoms with Crippen LogP contribution >= 0.6 is 0 Å². The SMILES string of the molecule is CCS(=O)(=O)c1cccc(C2CCCCN2Cc2c(C)cc(C)c3c2ccn3S(=O)(=O)c2ccc(C)cc2)c1.CNS(=O)(=O)c1ccc(C2CCCCN2Cc2c(C)cc(C)c3c2ccn3S(=O)(=O)c2ccc(C)cc2)cc1. The predicted octanol–water partition coefficient (Wildman–Crippen LogP) is 11.8. The van der Waals surface area contributed by atoms with Gasteiger partial charge in [0.2, 0.25) is 10.0 Å². The smallest absolute Gasteiger partial charge is 0.268 e. The van der Waals surface area contributed by atoms with Gasteiger partial charge in [-0.3, -0.25) is 9.80 Å². The molecule has 2 aromatic heterocycles. The van der Waals surface area contributed by atoms with E-state index in [2.05, 4.69) is 40.5 Å². The number of aryl methyl sites for hydroxylation is 6. The summed E-state index contributed by atoms with van der Waals surface area (Å²) in [6.45, 7) is 16.8. The summed E-state index contributed by atoms with van der Waals surface area (Å²) >= 11 is 0. The molecule has 4 heterocycles. The molecule has 2 saturated heterocycles. The maximum absolute atomic E-state index is 13.6. The summed E-state index contributed by atoms with van der Waals surface area (Å²) in [4.78, 5) is 6.03. The highest BCUT2D eigenvalue weighted by atomic mass is 32.2. The van der Waals surface area contributed by atoms with Gasteiger partial charge in [0, 0.05) is 48.3 Å². The van der Waals surface area contributed by atoms with Crippen LogP contribution < -0.4 is 4.72 Å². The number of sulfonamides is 1. The van der Waals surface area contributed by atoms with E-state index in [0.717, 1.165) is 118 Å². The van der Waals surface area contributed by atoms with Crippen molar-refractivity contribution in [2.75, 3.05) is 25.9 Å². The Morgan fingerprint density at radius 2 is 0.910 bits per heavy atom. The van der Waals surface area contributed by atoms with E-state index in [4.69, 9.17) is 0 Å². The third-order valence-corrected chi connectivity index (χ3v) is 22.4. The van der Waals surface area contributed by atoms with Crippen molar-refractivity contribution in [3.63, 3.8) is 0 Å². The Labute approximate surface area is 462 Å². The topological polar surface area (TPSA) is 165 Å². The van der Waals surface area contributed by atoms with E-state index in [9.17, 15) is 33.7 Å². The fourth-order valence-electron chi connectivity index (χ4n) is 11.5. The molecule has 2 aliphatic rings. The average molecular weight is 1130 g/mol. The molecule has 0 aliphatic carbocycles. The van der Waals surface area contributed by atoms with Gasteiger partial charge in [0.05, 0.1) is 36.4 Å². The molecule has 0 amide bonds. The van der Waals surface area contributed by atoms with E-state index in [-0.39, 0.29) is 32.5 Å². The zero-order valence-corrected chi connectivity index (χ0v) is 49.1. The van der Waals surface area contributed by atoms with Gasteiger partial charge in [-0.1, -0.05) is 91.6 Å². The molecule has 8 aromatic rings. The molecule has 2 atom stereocenters. The molecule has 13 nitrogen and oxygen atoms in total. The summed E-state index contributed by atoms with van der Waals surface area (Å²) in [7, 11) is -12.9. The van der Waals surface area contributed by atoms with Crippen LogP contribution in [0.3, 0.4) is 0 Å². The van der Waals surface area contributed by atoms with Gasteiger partial charge in [-0.05, 0) is 193 Å². The van der Waals surface area contributed by atoms with Crippen molar-refractivity contribution in [1.82, 2.24) is 22.5 Å². The van der Waals surface area contributed by atoms with Gasteiger partial charge in [0.15, 0.2) is 9.84 Å². The molecule has 78 heavy (non-hydrogen) atoms. The zero-order valence-electron chi connectivity index (χ0n) is 45.8. The van der Waals surface area contributed by atoms with Crippen LogP contribution in [0.25, 0.3) is 21.8 Å². The van der Waals surface area contributed by atoms with Gasteiger partial charge in [0.1, 0.15) is 0 Å². The number of piperidine rings is 2. The van der Waals surface area contributed by atoms with Crippen LogP contribution in [0.2, 0.25) is 0 Å². The molecule has 17 heteroatoms. The van der Waals surface area contributed by atoms with Gasteiger partial charge in [-0.25, -0.2) is 46.3 Å². The molecule has 2 fully saturated rings. The first kappa shape index (κ1) is 56.8. The molecule has 0 spiro atoms. The summed E-state index contributed by atoms with van der Waals surface area (Å²) in [5, 5.41) is 1.89. The van der Waals surface area contributed by atoms with E-state index in [0.29, 0.717) is 29.0 Å². The number of sulfone groups is 1. The summed E-state index contributed by atoms with van der Waals surface area (Å²) in [5.74, 6) is 0.0772. The number of nitrogens with zero attached hydrogens (tertiary/aromatic N) is 4. The maximum Gasteiger partial charge on any atom is 0.268 e. The van der Waals surface area contributed by atoms with Crippen LogP contribution in [-0.4, -0.2) is 77.3 Å². The minimum atomic E-state index is -3.75. The van der Waals surface area contributed by atoms with Crippen molar-refractivity contribution in [3.05, 3.63) is 189 Å². The molecule has 412 valence electrons. The Bertz CT molecular complexity index is 3980. The van der Waals surface area contributed by atoms with Crippen molar-refractivity contribution in [3.8, 4) is 0 Å². The van der Waals surface area contributed by atoms with Crippen LogP contribution in [0.1, 0.15) is 113 Å². The lowest BCUT2D eigenvalue weighted by Crippen LogP contribution is -2.33. The highest BCUT2D eigenvalue weighted by Crippen LogP contribution is 2.39. The van der Waals surface area contributed by atoms with Crippen molar-refractivity contribution in [1.29, 1.82) is 0 Å². The van der Waals surface area contributed by atoms with Gasteiger partial charge in [-0.15, -0.1) is 0 Å². The number of rotatable bonds is 14. The van der Waals surface area contributed by atoms with E-state index < -0.39 is 39.9 Å². The quantitative estimate of drug-likeness (QED) is 0.111. The van der Waals surface area contributed by atoms with Crippen molar-refractivity contribution in [2.24, 2.45) is 0 Å². The number of likely N-dealkylation sites (tertiary alicyclic amines) is 2. The lowest BCUT2D eigenvalue weighted by atomic mass is 9.93. The second-order valence-electron chi connectivity index (χ2n) is 21.1. The Morgan fingerprint density at radius 1 is 0.474 bits per heavy atom. The van der Waals surface area contributed by atoms with Crippen LogP contribution in [0, 0.1) is 41.5 Å². The third-order valence-electron chi connectivity index (χ3n) is 15.9. The van der Waals surface area contributed by atoms with Gasteiger partial charge < -0.3 is 0 Å². The van der Waals surface area contributed by atoms with Gasteiger partial charge >= 0.3 is 0 Å². The Morgan fingerprint density at radius 3 is 1.35 bits per heavy atom. The fourth-order valence-corrected chi connectivity index (χ4v) is 16.0. The normalized spacial score (nSPS) is 17.1. The van der Waals surface area contributed by atoms with E-state index >= 15 is 0 Å². The lowest BCUT2D eigenvalue weighted by Gasteiger charge is -2.37. The molecule has 6 aromatic carbocycles. The first-order chi connectivity index (χ1) is 37.0. The second-order valence-corrected chi connectivity index (χ2v) is 28.9. The summed E-state index contributed by atoms with van der Waals surface area (Å²) in [5.41, 5.74) is 11.9.